The molecule has 0 N–H and O–H groups in total. The number of rotatable bonds is 5. The third-order valence-corrected chi connectivity index (χ3v) is 5.46. The van der Waals surface area contributed by atoms with Crippen molar-refractivity contribution >= 4 is 25.8 Å². The van der Waals surface area contributed by atoms with Gasteiger partial charge in [0.2, 0.25) is 0 Å². The topological polar surface area (TPSA) is 47.0 Å². The zero-order valence-electron chi connectivity index (χ0n) is 11.2. The van der Waals surface area contributed by atoms with Crippen LogP contribution < -0.4 is 0 Å². The van der Waals surface area contributed by atoms with Crippen LogP contribution in [0.5, 0.6) is 0 Å². The van der Waals surface area contributed by atoms with Crippen molar-refractivity contribution in [3.8, 4) is 0 Å². The second-order valence-electron chi connectivity index (χ2n) is 4.61. The molecule has 0 saturated carbocycles. The highest BCUT2D eigenvalue weighted by Gasteiger charge is 2.22. The molecule has 0 fully saturated rings. The van der Waals surface area contributed by atoms with Crippen LogP contribution in [0, 0.1) is 0 Å². The van der Waals surface area contributed by atoms with E-state index >= 15 is 0 Å². The van der Waals surface area contributed by atoms with Crippen molar-refractivity contribution in [1.29, 1.82) is 0 Å². The van der Waals surface area contributed by atoms with Crippen molar-refractivity contribution in [2.75, 3.05) is 5.75 Å². The third kappa shape index (κ3) is 3.67. The number of hydrogen-bond acceptors (Lipinski definition) is 3. The van der Waals surface area contributed by atoms with Crippen LogP contribution in [0.1, 0.15) is 24.8 Å². The minimum atomic E-state index is -3.35. The smallest absolute Gasteiger partial charge is 0.196 e. The van der Waals surface area contributed by atoms with Gasteiger partial charge in [0.05, 0.1) is 5.75 Å². The second-order valence-corrected chi connectivity index (χ2v) is 7.50. The Morgan fingerprint density at radius 2 is 1.85 bits per heavy atom. The Morgan fingerprint density at radius 3 is 2.40 bits per heavy atom. The standard InChI is InChI=1S/C15H16BrNO2S/c1-2-12(13-6-8-14(16)9-7-13)11-20(18,19)15-5-3-4-10-17-15/h3-10,12H,2,11H2,1H3/t12-/m1/s1. The van der Waals surface area contributed by atoms with Crippen LogP contribution in [0.3, 0.4) is 0 Å². The van der Waals surface area contributed by atoms with Gasteiger partial charge in [-0.2, -0.15) is 0 Å². The highest BCUT2D eigenvalue weighted by molar-refractivity contribution is 9.10. The van der Waals surface area contributed by atoms with Crippen molar-refractivity contribution in [3.05, 3.63) is 58.7 Å². The Hall–Kier alpha value is -1.20. The number of hydrogen-bond donors (Lipinski definition) is 0. The molecule has 20 heavy (non-hydrogen) atoms. The molecule has 0 bridgehead atoms. The van der Waals surface area contributed by atoms with E-state index in [1.807, 2.05) is 31.2 Å². The Labute approximate surface area is 128 Å². The molecule has 0 spiro atoms. The van der Waals surface area contributed by atoms with E-state index < -0.39 is 9.84 Å². The first kappa shape index (κ1) is 15.2. The fourth-order valence-electron chi connectivity index (χ4n) is 2.07. The molecule has 0 radical (unpaired) electrons. The Kier molecular flexibility index (Phi) is 4.94. The minimum Gasteiger partial charge on any atom is -0.245 e. The molecule has 0 saturated heterocycles. The van der Waals surface area contributed by atoms with Gasteiger partial charge < -0.3 is 0 Å². The van der Waals surface area contributed by atoms with Crippen molar-refractivity contribution in [1.82, 2.24) is 4.98 Å². The number of sulfone groups is 1. The maximum Gasteiger partial charge on any atom is 0.196 e. The molecule has 1 aromatic carbocycles. The lowest BCUT2D eigenvalue weighted by atomic mass is 9.99. The Balaban J connectivity index is 2.24. The number of nitrogens with zero attached hydrogens (tertiary/aromatic N) is 1. The third-order valence-electron chi connectivity index (χ3n) is 3.21. The van der Waals surface area contributed by atoms with Gasteiger partial charge in [0.25, 0.3) is 0 Å². The predicted octanol–water partition coefficient (Wildman–Crippen LogP) is 3.81. The van der Waals surface area contributed by atoms with Gasteiger partial charge in [-0.15, -0.1) is 0 Å². The van der Waals surface area contributed by atoms with Crippen LogP contribution in [0.4, 0.5) is 0 Å². The van der Waals surface area contributed by atoms with Gasteiger partial charge in [0.1, 0.15) is 0 Å². The molecule has 3 nitrogen and oxygen atoms in total. The molecular formula is C15H16BrNO2S. The summed E-state index contributed by atoms with van der Waals surface area (Å²) >= 11 is 3.39. The molecule has 0 aliphatic rings. The molecule has 2 aromatic rings. The second kappa shape index (κ2) is 6.50. The molecule has 1 atom stereocenters. The molecule has 1 aromatic heterocycles. The van der Waals surface area contributed by atoms with Crippen molar-refractivity contribution in [2.24, 2.45) is 0 Å². The first-order valence-corrected chi connectivity index (χ1v) is 8.86. The largest absolute Gasteiger partial charge is 0.245 e. The van der Waals surface area contributed by atoms with Crippen molar-refractivity contribution in [3.63, 3.8) is 0 Å². The first-order chi connectivity index (χ1) is 9.53. The molecule has 2 rings (SSSR count). The van der Waals surface area contributed by atoms with Crippen LogP contribution >= 0.6 is 15.9 Å². The highest BCUT2D eigenvalue weighted by atomic mass is 79.9. The molecule has 0 aliphatic heterocycles. The van der Waals surface area contributed by atoms with Crippen LogP contribution in [0.2, 0.25) is 0 Å². The number of aromatic nitrogens is 1. The molecule has 0 unspecified atom stereocenters. The summed E-state index contributed by atoms with van der Waals surface area (Å²) in [6.07, 6.45) is 2.28. The van der Waals surface area contributed by atoms with Crippen molar-refractivity contribution in [2.45, 2.75) is 24.3 Å². The SMILES string of the molecule is CC[C@H](CS(=O)(=O)c1ccccn1)c1ccc(Br)cc1. The molecular weight excluding hydrogens is 338 g/mol. The summed E-state index contributed by atoms with van der Waals surface area (Å²) in [5, 5.41) is 0.149. The van der Waals surface area contributed by atoms with E-state index in [1.54, 1.807) is 18.2 Å². The van der Waals surface area contributed by atoms with Crippen LogP contribution in [0.25, 0.3) is 0 Å². The fraction of sp³-hybridized carbons (Fsp3) is 0.267. The summed E-state index contributed by atoms with van der Waals surface area (Å²) in [5.74, 6) is 0.0670. The van der Waals surface area contributed by atoms with E-state index in [4.69, 9.17) is 0 Å². The Morgan fingerprint density at radius 1 is 1.15 bits per heavy atom. The van der Waals surface area contributed by atoms with E-state index in [9.17, 15) is 8.42 Å². The average molecular weight is 354 g/mol. The zero-order valence-corrected chi connectivity index (χ0v) is 13.6. The summed E-state index contributed by atoms with van der Waals surface area (Å²) in [5.41, 5.74) is 1.04. The van der Waals surface area contributed by atoms with E-state index in [2.05, 4.69) is 20.9 Å². The molecule has 0 aliphatic carbocycles. The van der Waals surface area contributed by atoms with Gasteiger partial charge in [0.15, 0.2) is 14.9 Å². The average Bonchev–Trinajstić information content (AvgIpc) is 2.47. The first-order valence-electron chi connectivity index (χ1n) is 6.42. The predicted molar refractivity (Wildman–Crippen MR) is 83.5 cm³/mol. The summed E-state index contributed by atoms with van der Waals surface area (Å²) < 4.78 is 25.7. The fourth-order valence-corrected chi connectivity index (χ4v) is 3.97. The molecule has 0 amide bonds. The van der Waals surface area contributed by atoms with Crippen molar-refractivity contribution < 1.29 is 8.42 Å². The van der Waals surface area contributed by atoms with Crippen LogP contribution in [-0.4, -0.2) is 19.2 Å². The number of pyridine rings is 1. The molecule has 5 heteroatoms. The summed E-state index contributed by atoms with van der Waals surface area (Å²) in [6, 6.07) is 12.8. The number of halogens is 1. The Bertz CT molecular complexity index is 654. The van der Waals surface area contributed by atoms with Gasteiger partial charge in [-0.05, 0) is 42.2 Å². The van der Waals surface area contributed by atoms with Gasteiger partial charge in [-0.3, -0.25) is 0 Å². The van der Waals surface area contributed by atoms with Crippen LogP contribution in [0.15, 0.2) is 58.2 Å². The minimum absolute atomic E-state index is 0.0184. The van der Waals surface area contributed by atoms with E-state index in [-0.39, 0.29) is 16.7 Å². The lowest BCUT2D eigenvalue weighted by Crippen LogP contribution is -2.15. The summed E-state index contributed by atoms with van der Waals surface area (Å²) in [6.45, 7) is 2.00. The monoisotopic (exact) mass is 353 g/mol. The molecule has 106 valence electrons. The lowest BCUT2D eigenvalue weighted by Gasteiger charge is -2.15. The van der Waals surface area contributed by atoms with Gasteiger partial charge in [-0.25, -0.2) is 13.4 Å². The van der Waals surface area contributed by atoms with Crippen LogP contribution in [-0.2, 0) is 9.84 Å². The van der Waals surface area contributed by atoms with E-state index in [1.165, 1.54) is 6.20 Å². The maximum absolute atomic E-state index is 12.4. The zero-order chi connectivity index (χ0) is 14.6. The van der Waals surface area contributed by atoms with Gasteiger partial charge in [0, 0.05) is 10.7 Å². The van der Waals surface area contributed by atoms with E-state index in [0.717, 1.165) is 16.5 Å². The normalized spacial score (nSPS) is 13.1. The van der Waals surface area contributed by atoms with Gasteiger partial charge in [-0.1, -0.05) is 41.1 Å². The lowest BCUT2D eigenvalue weighted by molar-refractivity contribution is 0.581. The van der Waals surface area contributed by atoms with Gasteiger partial charge >= 0.3 is 0 Å². The summed E-state index contributed by atoms with van der Waals surface area (Å²) in [4.78, 5) is 3.95. The highest BCUT2D eigenvalue weighted by Crippen LogP contribution is 2.25. The maximum atomic E-state index is 12.4. The molecule has 1 heterocycles. The number of benzene rings is 1. The quantitative estimate of drug-likeness (QED) is 0.820. The summed E-state index contributed by atoms with van der Waals surface area (Å²) in [7, 11) is -3.35. The van der Waals surface area contributed by atoms with E-state index in [0.29, 0.717) is 0 Å².